The minimum absolute atomic E-state index is 0.00463. The summed E-state index contributed by atoms with van der Waals surface area (Å²) in [5, 5.41) is 8.29. The fraction of sp³-hybridized carbons (Fsp3) is 0.667. The van der Waals surface area contributed by atoms with Gasteiger partial charge in [0.25, 0.3) is 0 Å². The molecule has 0 N–H and O–H groups in total. The summed E-state index contributed by atoms with van der Waals surface area (Å²) < 4.78 is 4.54. The van der Waals surface area contributed by atoms with Crippen LogP contribution < -0.4 is 0 Å². The summed E-state index contributed by atoms with van der Waals surface area (Å²) in [5.41, 5.74) is 0. The molecule has 1 unspecified atom stereocenters. The first-order valence-electron chi connectivity index (χ1n) is 2.88. The van der Waals surface area contributed by atoms with Crippen molar-refractivity contribution in [1.82, 2.24) is 0 Å². The standard InChI is InChI=1S/C6H8ClNO2/c1-2-10-6(9)5(3-7)4-8/h5H,2-3H2,1H3. The van der Waals surface area contributed by atoms with Gasteiger partial charge >= 0.3 is 5.97 Å². The van der Waals surface area contributed by atoms with Gasteiger partial charge in [-0.25, -0.2) is 0 Å². The van der Waals surface area contributed by atoms with Crippen LogP contribution in [0.4, 0.5) is 0 Å². The highest BCUT2D eigenvalue weighted by molar-refractivity contribution is 6.19. The molecule has 0 aliphatic rings. The maximum Gasteiger partial charge on any atom is 0.324 e. The van der Waals surface area contributed by atoms with Gasteiger partial charge in [0.1, 0.15) is 0 Å². The largest absolute Gasteiger partial charge is 0.465 e. The van der Waals surface area contributed by atoms with E-state index in [4.69, 9.17) is 16.9 Å². The molecule has 0 spiro atoms. The molecule has 0 amide bonds. The predicted octanol–water partition coefficient (Wildman–Crippen LogP) is 0.928. The first-order chi connectivity index (χ1) is 4.76. The molecular weight excluding hydrogens is 154 g/mol. The van der Waals surface area contributed by atoms with Crippen molar-refractivity contribution in [3.8, 4) is 6.07 Å². The average Bonchev–Trinajstić information content (AvgIpc) is 1.91. The second-order valence-electron chi connectivity index (χ2n) is 1.59. The van der Waals surface area contributed by atoms with Crippen molar-refractivity contribution in [3.63, 3.8) is 0 Å². The Hall–Kier alpha value is -0.750. The number of esters is 1. The van der Waals surface area contributed by atoms with Crippen LogP contribution in [0.25, 0.3) is 0 Å². The first-order valence-corrected chi connectivity index (χ1v) is 3.42. The Morgan fingerprint density at radius 2 is 2.50 bits per heavy atom. The Morgan fingerprint density at radius 3 is 2.80 bits per heavy atom. The molecule has 0 bridgehead atoms. The van der Waals surface area contributed by atoms with Gasteiger partial charge in [-0.2, -0.15) is 5.26 Å². The van der Waals surface area contributed by atoms with Crippen molar-refractivity contribution >= 4 is 17.6 Å². The quantitative estimate of drug-likeness (QED) is 0.457. The van der Waals surface area contributed by atoms with Crippen molar-refractivity contribution < 1.29 is 9.53 Å². The number of carbonyl (C=O) groups excluding carboxylic acids is 1. The van der Waals surface area contributed by atoms with Crippen molar-refractivity contribution in [3.05, 3.63) is 0 Å². The van der Waals surface area contributed by atoms with E-state index in [-0.39, 0.29) is 12.5 Å². The molecule has 0 saturated heterocycles. The Morgan fingerprint density at radius 1 is 1.90 bits per heavy atom. The number of rotatable bonds is 3. The molecule has 0 radical (unpaired) electrons. The second-order valence-corrected chi connectivity index (χ2v) is 1.90. The molecule has 4 heteroatoms. The first kappa shape index (κ1) is 9.25. The lowest BCUT2D eigenvalue weighted by Gasteiger charge is -2.02. The van der Waals surface area contributed by atoms with Crippen LogP contribution in [0.1, 0.15) is 6.92 Å². The van der Waals surface area contributed by atoms with E-state index in [0.29, 0.717) is 0 Å². The van der Waals surface area contributed by atoms with Crippen LogP contribution in [-0.2, 0) is 9.53 Å². The fourth-order valence-electron chi connectivity index (χ4n) is 0.393. The topological polar surface area (TPSA) is 50.1 Å². The number of ether oxygens (including phenoxy) is 1. The number of nitriles is 1. The molecule has 10 heavy (non-hydrogen) atoms. The average molecular weight is 162 g/mol. The third kappa shape index (κ3) is 2.70. The van der Waals surface area contributed by atoms with Gasteiger partial charge in [0.05, 0.1) is 12.7 Å². The highest BCUT2D eigenvalue weighted by Gasteiger charge is 2.16. The number of alkyl halides is 1. The normalized spacial score (nSPS) is 11.7. The van der Waals surface area contributed by atoms with E-state index in [1.807, 2.05) is 0 Å². The van der Waals surface area contributed by atoms with Crippen LogP contribution in [0.5, 0.6) is 0 Å². The summed E-state index contributed by atoms with van der Waals surface area (Å²) in [6.07, 6.45) is 0. The summed E-state index contributed by atoms with van der Waals surface area (Å²) in [5.74, 6) is -1.36. The van der Waals surface area contributed by atoms with Crippen LogP contribution in [0.15, 0.2) is 0 Å². The summed E-state index contributed by atoms with van der Waals surface area (Å²) in [6, 6.07) is 1.73. The predicted molar refractivity (Wildman–Crippen MR) is 36.5 cm³/mol. The van der Waals surface area contributed by atoms with Crippen molar-refractivity contribution in [2.45, 2.75) is 6.92 Å². The maximum absolute atomic E-state index is 10.7. The van der Waals surface area contributed by atoms with Gasteiger partial charge in [-0.1, -0.05) is 0 Å². The van der Waals surface area contributed by atoms with E-state index in [9.17, 15) is 4.79 Å². The van der Waals surface area contributed by atoms with Crippen molar-refractivity contribution in [2.24, 2.45) is 5.92 Å². The molecule has 0 aliphatic heterocycles. The Labute approximate surface area is 64.5 Å². The monoisotopic (exact) mass is 161 g/mol. The Balaban J connectivity index is 3.80. The minimum Gasteiger partial charge on any atom is -0.465 e. The summed E-state index contributed by atoms with van der Waals surface area (Å²) >= 11 is 5.27. The summed E-state index contributed by atoms with van der Waals surface area (Å²) in [4.78, 5) is 10.7. The van der Waals surface area contributed by atoms with Gasteiger partial charge in [-0.05, 0) is 6.92 Å². The van der Waals surface area contributed by atoms with Gasteiger partial charge in [-0.15, -0.1) is 11.6 Å². The molecule has 0 rings (SSSR count). The highest BCUT2D eigenvalue weighted by Crippen LogP contribution is 2.00. The smallest absolute Gasteiger partial charge is 0.324 e. The minimum atomic E-state index is -0.818. The van der Waals surface area contributed by atoms with E-state index >= 15 is 0 Å². The molecule has 0 heterocycles. The van der Waals surface area contributed by atoms with Gasteiger partial charge in [0.15, 0.2) is 5.92 Å². The van der Waals surface area contributed by atoms with E-state index in [1.54, 1.807) is 13.0 Å². The number of carbonyl (C=O) groups is 1. The van der Waals surface area contributed by atoms with Crippen molar-refractivity contribution in [2.75, 3.05) is 12.5 Å². The Bertz CT molecular complexity index is 152. The molecular formula is C6H8ClNO2. The number of hydrogen-bond acceptors (Lipinski definition) is 3. The molecule has 0 aromatic rings. The van der Waals surface area contributed by atoms with Gasteiger partial charge in [-0.3, -0.25) is 4.79 Å². The zero-order valence-electron chi connectivity index (χ0n) is 5.63. The summed E-state index contributed by atoms with van der Waals surface area (Å²) in [7, 11) is 0. The van der Waals surface area contributed by atoms with E-state index in [0.717, 1.165) is 0 Å². The maximum atomic E-state index is 10.7. The highest BCUT2D eigenvalue weighted by atomic mass is 35.5. The van der Waals surface area contributed by atoms with Crippen LogP contribution in [0.2, 0.25) is 0 Å². The molecule has 0 fully saturated rings. The molecule has 0 saturated carbocycles. The van der Waals surface area contributed by atoms with Gasteiger partial charge in [0.2, 0.25) is 0 Å². The zero-order chi connectivity index (χ0) is 7.98. The second kappa shape index (κ2) is 5.07. The zero-order valence-corrected chi connectivity index (χ0v) is 6.39. The van der Waals surface area contributed by atoms with E-state index in [1.165, 1.54) is 0 Å². The third-order valence-electron chi connectivity index (χ3n) is 0.881. The lowest BCUT2D eigenvalue weighted by molar-refractivity contribution is -0.145. The van der Waals surface area contributed by atoms with E-state index in [2.05, 4.69) is 4.74 Å². The lowest BCUT2D eigenvalue weighted by Crippen LogP contribution is -2.17. The number of nitrogens with zero attached hydrogens (tertiary/aromatic N) is 1. The molecule has 1 atom stereocenters. The van der Waals surface area contributed by atoms with Crippen LogP contribution >= 0.6 is 11.6 Å². The third-order valence-corrected chi connectivity index (χ3v) is 1.19. The Kier molecular flexibility index (Phi) is 4.69. The molecule has 0 aromatic carbocycles. The van der Waals surface area contributed by atoms with Crippen LogP contribution in [0.3, 0.4) is 0 Å². The van der Waals surface area contributed by atoms with Crippen molar-refractivity contribution in [1.29, 1.82) is 5.26 Å². The fourth-order valence-corrected chi connectivity index (χ4v) is 0.588. The van der Waals surface area contributed by atoms with Gasteiger partial charge < -0.3 is 4.74 Å². The number of hydrogen-bond donors (Lipinski definition) is 0. The molecule has 0 aromatic heterocycles. The summed E-state index contributed by atoms with van der Waals surface area (Å²) in [6.45, 7) is 1.97. The molecule has 56 valence electrons. The molecule has 3 nitrogen and oxygen atoms in total. The number of halogens is 1. The van der Waals surface area contributed by atoms with Gasteiger partial charge in [0, 0.05) is 5.88 Å². The molecule has 0 aliphatic carbocycles. The lowest BCUT2D eigenvalue weighted by atomic mass is 10.2. The SMILES string of the molecule is CCOC(=O)C(C#N)CCl. The van der Waals surface area contributed by atoms with E-state index < -0.39 is 11.9 Å². The van der Waals surface area contributed by atoms with Crippen LogP contribution in [0, 0.1) is 17.2 Å². The van der Waals surface area contributed by atoms with Crippen LogP contribution in [-0.4, -0.2) is 18.5 Å².